The summed E-state index contributed by atoms with van der Waals surface area (Å²) in [5.74, 6) is 0.953. The van der Waals surface area contributed by atoms with E-state index in [0.29, 0.717) is 0 Å². The van der Waals surface area contributed by atoms with Gasteiger partial charge in [0.25, 0.3) is 0 Å². The van der Waals surface area contributed by atoms with E-state index >= 15 is 0 Å². The van der Waals surface area contributed by atoms with Gasteiger partial charge in [0.2, 0.25) is 0 Å². The lowest BCUT2D eigenvalue weighted by Crippen LogP contribution is -1.93. The second kappa shape index (κ2) is 5.69. The van der Waals surface area contributed by atoms with E-state index in [0.717, 1.165) is 11.5 Å². The molecule has 2 aromatic carbocycles. The molecular formula is C21H24N2. The summed E-state index contributed by atoms with van der Waals surface area (Å²) < 4.78 is 0. The number of nitrogens with one attached hydrogen (secondary N) is 1. The maximum Gasteiger partial charge on any atom is 0.138 e. The van der Waals surface area contributed by atoms with E-state index in [1.807, 2.05) is 6.20 Å². The molecule has 0 atom stereocenters. The molecular weight excluding hydrogens is 280 g/mol. The minimum absolute atomic E-state index is 0.953. The van der Waals surface area contributed by atoms with Gasteiger partial charge in [0, 0.05) is 11.1 Å². The van der Waals surface area contributed by atoms with Gasteiger partial charge in [-0.3, -0.25) is 0 Å². The summed E-state index contributed by atoms with van der Waals surface area (Å²) in [6.07, 6.45) is 1.96. The summed E-state index contributed by atoms with van der Waals surface area (Å²) in [7, 11) is 0. The number of H-pyrrole nitrogens is 1. The summed E-state index contributed by atoms with van der Waals surface area (Å²) in [4.78, 5) is 8.20. The summed E-state index contributed by atoms with van der Waals surface area (Å²) in [6, 6.07) is 8.89. The van der Waals surface area contributed by atoms with E-state index in [1.54, 1.807) is 0 Å². The molecule has 3 aromatic rings. The van der Waals surface area contributed by atoms with Gasteiger partial charge in [-0.05, 0) is 63.8 Å². The molecule has 1 aromatic heterocycles. The van der Waals surface area contributed by atoms with Crippen LogP contribution in [-0.2, 0) is 0 Å². The van der Waals surface area contributed by atoms with Crippen molar-refractivity contribution < 1.29 is 0 Å². The number of aryl methyl sites for hydroxylation is 6. The first kappa shape index (κ1) is 15.5. The average Bonchev–Trinajstić information content (AvgIpc) is 2.85. The molecule has 0 spiro atoms. The molecule has 23 heavy (non-hydrogen) atoms. The zero-order chi connectivity index (χ0) is 16.7. The van der Waals surface area contributed by atoms with Crippen molar-refractivity contribution in [2.45, 2.75) is 41.5 Å². The third kappa shape index (κ3) is 2.81. The van der Waals surface area contributed by atoms with Gasteiger partial charge in [0.1, 0.15) is 5.82 Å². The number of hydrogen-bond donors (Lipinski definition) is 1. The van der Waals surface area contributed by atoms with Crippen molar-refractivity contribution in [3.63, 3.8) is 0 Å². The van der Waals surface area contributed by atoms with Gasteiger partial charge < -0.3 is 4.98 Å². The highest BCUT2D eigenvalue weighted by Gasteiger charge is 2.13. The smallest absolute Gasteiger partial charge is 0.138 e. The summed E-state index contributed by atoms with van der Waals surface area (Å²) >= 11 is 0. The van der Waals surface area contributed by atoms with Crippen molar-refractivity contribution in [1.82, 2.24) is 9.97 Å². The van der Waals surface area contributed by atoms with E-state index in [9.17, 15) is 0 Å². The van der Waals surface area contributed by atoms with Crippen molar-refractivity contribution in [2.75, 3.05) is 0 Å². The van der Waals surface area contributed by atoms with Crippen LogP contribution in [0.5, 0.6) is 0 Å². The molecule has 0 unspecified atom stereocenters. The van der Waals surface area contributed by atoms with Crippen molar-refractivity contribution in [3.8, 4) is 22.6 Å². The third-order valence-corrected chi connectivity index (χ3v) is 4.44. The van der Waals surface area contributed by atoms with E-state index in [1.165, 1.54) is 44.5 Å². The van der Waals surface area contributed by atoms with Gasteiger partial charge in [-0.15, -0.1) is 0 Å². The van der Waals surface area contributed by atoms with Gasteiger partial charge in [-0.2, -0.15) is 0 Å². The predicted octanol–water partition coefficient (Wildman–Crippen LogP) is 5.59. The number of imidazole rings is 1. The Labute approximate surface area is 138 Å². The van der Waals surface area contributed by atoms with Crippen LogP contribution in [0.1, 0.15) is 33.4 Å². The van der Waals surface area contributed by atoms with Crippen LogP contribution < -0.4 is 0 Å². The Morgan fingerprint density at radius 3 is 1.57 bits per heavy atom. The Balaban J connectivity index is 2.13. The van der Waals surface area contributed by atoms with Crippen LogP contribution in [-0.4, -0.2) is 9.97 Å². The first-order valence-electron chi connectivity index (χ1n) is 8.08. The Morgan fingerprint density at radius 1 is 0.652 bits per heavy atom. The number of rotatable bonds is 2. The molecule has 0 fully saturated rings. The molecule has 0 aliphatic carbocycles. The van der Waals surface area contributed by atoms with E-state index in [2.05, 4.69) is 75.8 Å². The zero-order valence-corrected chi connectivity index (χ0v) is 14.8. The van der Waals surface area contributed by atoms with Gasteiger partial charge in [0.15, 0.2) is 0 Å². The van der Waals surface area contributed by atoms with Crippen molar-refractivity contribution >= 4 is 0 Å². The molecule has 0 aliphatic rings. The Bertz CT molecular complexity index is 767. The fourth-order valence-corrected chi connectivity index (χ4v) is 3.73. The number of benzene rings is 2. The molecule has 1 N–H and O–H groups in total. The standard InChI is InChI=1S/C21H24N2/c1-12-7-14(3)19(15(4)8-12)18-11-22-21(23-18)20-16(5)9-13(2)10-17(20)6/h7-11H,1-6H3,(H,22,23). The Morgan fingerprint density at radius 2 is 1.09 bits per heavy atom. The van der Waals surface area contributed by atoms with E-state index < -0.39 is 0 Å². The lowest BCUT2D eigenvalue weighted by Gasteiger charge is -2.10. The normalized spacial score (nSPS) is 11.0. The van der Waals surface area contributed by atoms with Crippen LogP contribution in [0.4, 0.5) is 0 Å². The van der Waals surface area contributed by atoms with Gasteiger partial charge >= 0.3 is 0 Å². The molecule has 2 heteroatoms. The maximum absolute atomic E-state index is 4.66. The third-order valence-electron chi connectivity index (χ3n) is 4.44. The number of aromatic nitrogens is 2. The number of hydrogen-bond acceptors (Lipinski definition) is 1. The fraction of sp³-hybridized carbons (Fsp3) is 0.286. The molecule has 3 rings (SSSR count). The van der Waals surface area contributed by atoms with Crippen molar-refractivity contribution in [2.24, 2.45) is 0 Å². The molecule has 2 nitrogen and oxygen atoms in total. The minimum atomic E-state index is 0.953. The van der Waals surface area contributed by atoms with Crippen molar-refractivity contribution in [1.29, 1.82) is 0 Å². The highest BCUT2D eigenvalue weighted by Crippen LogP contribution is 2.31. The summed E-state index contributed by atoms with van der Waals surface area (Å²) in [6.45, 7) is 12.9. The maximum atomic E-state index is 4.66. The monoisotopic (exact) mass is 304 g/mol. The second-order valence-electron chi connectivity index (χ2n) is 6.69. The van der Waals surface area contributed by atoms with Crippen LogP contribution in [0.15, 0.2) is 30.5 Å². The summed E-state index contributed by atoms with van der Waals surface area (Å²) in [5, 5.41) is 0. The molecule has 0 aliphatic heterocycles. The average molecular weight is 304 g/mol. The molecule has 118 valence electrons. The molecule has 0 saturated carbocycles. The zero-order valence-electron chi connectivity index (χ0n) is 14.8. The highest BCUT2D eigenvalue weighted by atomic mass is 14.9. The quantitative estimate of drug-likeness (QED) is 0.656. The van der Waals surface area contributed by atoms with Gasteiger partial charge in [-0.25, -0.2) is 4.98 Å². The lowest BCUT2D eigenvalue weighted by atomic mass is 9.97. The van der Waals surface area contributed by atoms with Crippen LogP contribution >= 0.6 is 0 Å². The van der Waals surface area contributed by atoms with E-state index in [-0.39, 0.29) is 0 Å². The minimum Gasteiger partial charge on any atom is -0.338 e. The largest absolute Gasteiger partial charge is 0.338 e. The fourth-order valence-electron chi connectivity index (χ4n) is 3.73. The van der Waals surface area contributed by atoms with Crippen LogP contribution in [0.3, 0.4) is 0 Å². The van der Waals surface area contributed by atoms with Crippen LogP contribution in [0, 0.1) is 41.5 Å². The van der Waals surface area contributed by atoms with E-state index in [4.69, 9.17) is 0 Å². The molecule has 0 radical (unpaired) electrons. The number of nitrogens with zero attached hydrogens (tertiary/aromatic N) is 1. The second-order valence-corrected chi connectivity index (χ2v) is 6.69. The Kier molecular flexibility index (Phi) is 3.85. The SMILES string of the molecule is Cc1cc(C)c(-c2cnc(-c3c(C)cc(C)cc3C)[nH]2)c(C)c1. The summed E-state index contributed by atoms with van der Waals surface area (Å²) in [5.41, 5.74) is 11.3. The molecule has 1 heterocycles. The Hall–Kier alpha value is -2.35. The molecule has 0 amide bonds. The predicted molar refractivity (Wildman–Crippen MR) is 97.9 cm³/mol. The van der Waals surface area contributed by atoms with Gasteiger partial charge in [0.05, 0.1) is 11.9 Å². The van der Waals surface area contributed by atoms with Crippen LogP contribution in [0.2, 0.25) is 0 Å². The lowest BCUT2D eigenvalue weighted by molar-refractivity contribution is 1.24. The van der Waals surface area contributed by atoms with Crippen LogP contribution in [0.25, 0.3) is 22.6 Å². The first-order valence-corrected chi connectivity index (χ1v) is 8.08. The van der Waals surface area contributed by atoms with Crippen molar-refractivity contribution in [3.05, 3.63) is 63.8 Å². The number of aromatic amines is 1. The molecule has 0 saturated heterocycles. The topological polar surface area (TPSA) is 28.7 Å². The molecule has 0 bridgehead atoms. The highest BCUT2D eigenvalue weighted by molar-refractivity contribution is 5.72. The first-order chi connectivity index (χ1) is 10.9. The van der Waals surface area contributed by atoms with Gasteiger partial charge in [-0.1, -0.05) is 35.4 Å².